The number of ketones is 2. The molecule has 9 heteroatoms. The zero-order chi connectivity index (χ0) is 22.2. The molecule has 0 saturated carbocycles. The zero-order valence-corrected chi connectivity index (χ0v) is 16.6. The molecule has 160 valence electrons. The third kappa shape index (κ3) is 8.89. The molecular formula is C20H25F3N2O4. The van der Waals surface area contributed by atoms with Crippen molar-refractivity contribution in [3.63, 3.8) is 0 Å². The van der Waals surface area contributed by atoms with Gasteiger partial charge in [0.25, 0.3) is 0 Å². The Morgan fingerprint density at radius 2 is 1.66 bits per heavy atom. The van der Waals surface area contributed by atoms with Crippen molar-refractivity contribution in [2.75, 3.05) is 5.32 Å². The van der Waals surface area contributed by atoms with Crippen molar-refractivity contribution in [1.82, 2.24) is 5.32 Å². The van der Waals surface area contributed by atoms with Gasteiger partial charge >= 0.3 is 6.18 Å². The van der Waals surface area contributed by atoms with Crippen LogP contribution in [-0.2, 0) is 25.4 Å². The molecule has 2 amide bonds. The second kappa shape index (κ2) is 10.7. The first-order chi connectivity index (χ1) is 13.4. The fraction of sp³-hybridized carbons (Fsp3) is 0.500. The van der Waals surface area contributed by atoms with Crippen molar-refractivity contribution in [3.05, 3.63) is 29.8 Å². The highest BCUT2D eigenvalue weighted by atomic mass is 19.4. The highest BCUT2D eigenvalue weighted by Crippen LogP contribution is 2.30. The second-order valence-corrected chi connectivity index (χ2v) is 7.04. The minimum Gasteiger partial charge on any atom is -0.346 e. The number of nitrogens with one attached hydrogen (secondary N) is 2. The largest absolute Gasteiger partial charge is 0.416 e. The van der Waals surface area contributed by atoms with E-state index in [1.165, 1.54) is 19.1 Å². The van der Waals surface area contributed by atoms with Crippen molar-refractivity contribution in [2.24, 2.45) is 5.92 Å². The van der Waals surface area contributed by atoms with Gasteiger partial charge in [0.1, 0.15) is 5.78 Å². The van der Waals surface area contributed by atoms with Crippen LogP contribution >= 0.6 is 0 Å². The summed E-state index contributed by atoms with van der Waals surface area (Å²) in [5, 5.41) is 4.90. The molecule has 29 heavy (non-hydrogen) atoms. The number of rotatable bonds is 10. The summed E-state index contributed by atoms with van der Waals surface area (Å²) in [5.74, 6) is -1.87. The Morgan fingerprint density at radius 3 is 2.21 bits per heavy atom. The van der Waals surface area contributed by atoms with Gasteiger partial charge in [0, 0.05) is 30.9 Å². The first-order valence-corrected chi connectivity index (χ1v) is 9.19. The molecule has 2 N–H and O–H groups in total. The number of carbonyl (C=O) groups is 4. The first kappa shape index (κ1) is 24.3. The van der Waals surface area contributed by atoms with Gasteiger partial charge in [-0.15, -0.1) is 0 Å². The Kier molecular flexibility index (Phi) is 9.00. The van der Waals surface area contributed by atoms with Gasteiger partial charge in [0.15, 0.2) is 5.78 Å². The van der Waals surface area contributed by atoms with E-state index >= 15 is 0 Å². The molecular weight excluding hydrogens is 389 g/mol. The molecule has 0 aliphatic heterocycles. The maximum absolute atomic E-state index is 12.7. The topological polar surface area (TPSA) is 92.3 Å². The summed E-state index contributed by atoms with van der Waals surface area (Å²) in [4.78, 5) is 47.3. The Bertz CT molecular complexity index is 760. The minimum atomic E-state index is -4.53. The lowest BCUT2D eigenvalue weighted by Crippen LogP contribution is -2.43. The van der Waals surface area contributed by atoms with Crippen LogP contribution in [-0.4, -0.2) is 29.4 Å². The fourth-order valence-corrected chi connectivity index (χ4v) is 2.52. The van der Waals surface area contributed by atoms with Crippen molar-refractivity contribution in [1.29, 1.82) is 0 Å². The number of anilines is 1. The lowest BCUT2D eigenvalue weighted by atomic mass is 9.97. The zero-order valence-electron chi connectivity index (χ0n) is 16.6. The van der Waals surface area contributed by atoms with Gasteiger partial charge in [0.2, 0.25) is 11.8 Å². The fourth-order valence-electron chi connectivity index (χ4n) is 2.52. The van der Waals surface area contributed by atoms with E-state index in [2.05, 4.69) is 10.6 Å². The number of hydrogen-bond donors (Lipinski definition) is 2. The summed E-state index contributed by atoms with van der Waals surface area (Å²) in [6.45, 7) is 4.65. The summed E-state index contributed by atoms with van der Waals surface area (Å²) in [5.41, 5.74) is -0.900. The average Bonchev–Trinajstić information content (AvgIpc) is 2.62. The Hall–Kier alpha value is -2.71. The molecule has 1 atom stereocenters. The number of alkyl halides is 3. The summed E-state index contributed by atoms with van der Waals surface area (Å²) >= 11 is 0. The molecule has 0 aliphatic rings. The molecule has 6 nitrogen and oxygen atoms in total. The van der Waals surface area contributed by atoms with E-state index in [1.54, 1.807) is 13.8 Å². The van der Waals surface area contributed by atoms with Gasteiger partial charge in [-0.25, -0.2) is 0 Å². The van der Waals surface area contributed by atoms with Crippen LogP contribution in [0, 0.1) is 5.92 Å². The molecule has 0 spiro atoms. The van der Waals surface area contributed by atoms with Gasteiger partial charge in [-0.1, -0.05) is 19.9 Å². The molecule has 0 fully saturated rings. The van der Waals surface area contributed by atoms with Gasteiger partial charge in [0.05, 0.1) is 11.6 Å². The predicted molar refractivity (Wildman–Crippen MR) is 101 cm³/mol. The standard InChI is InChI=1S/C20H25F3N2O4/c1-12(2)19(29)16(25-18(28)9-7-13(3)26)8-10-17(27)24-15-6-4-5-14(11-15)20(21,22)23/h4-6,11-12,16H,7-10H2,1-3H3,(H,24,27)(H,25,28). The maximum atomic E-state index is 12.7. The first-order valence-electron chi connectivity index (χ1n) is 9.19. The molecule has 0 heterocycles. The molecule has 1 aromatic carbocycles. The van der Waals surface area contributed by atoms with Crippen LogP contribution < -0.4 is 10.6 Å². The van der Waals surface area contributed by atoms with E-state index in [0.717, 1.165) is 12.1 Å². The number of amides is 2. The monoisotopic (exact) mass is 414 g/mol. The van der Waals surface area contributed by atoms with E-state index in [0.29, 0.717) is 0 Å². The number of hydrogen-bond acceptors (Lipinski definition) is 4. The molecule has 0 saturated heterocycles. The molecule has 0 radical (unpaired) electrons. The molecule has 0 bridgehead atoms. The van der Waals surface area contributed by atoms with Crippen LogP contribution in [0.4, 0.5) is 18.9 Å². The van der Waals surface area contributed by atoms with E-state index in [9.17, 15) is 32.3 Å². The van der Waals surface area contributed by atoms with Crippen molar-refractivity contribution < 1.29 is 32.3 Å². The van der Waals surface area contributed by atoms with Gasteiger partial charge < -0.3 is 15.4 Å². The molecule has 0 aliphatic carbocycles. The second-order valence-electron chi connectivity index (χ2n) is 7.04. The molecule has 1 unspecified atom stereocenters. The van der Waals surface area contributed by atoms with E-state index in [1.807, 2.05) is 0 Å². The van der Waals surface area contributed by atoms with Crippen molar-refractivity contribution in [2.45, 2.75) is 58.7 Å². The van der Waals surface area contributed by atoms with Crippen LogP contribution in [0.15, 0.2) is 24.3 Å². The third-order valence-corrected chi connectivity index (χ3v) is 4.09. The maximum Gasteiger partial charge on any atom is 0.416 e. The predicted octanol–water partition coefficient (Wildman–Crippen LogP) is 3.50. The highest BCUT2D eigenvalue weighted by molar-refractivity contribution is 5.93. The number of halogens is 3. The quantitative estimate of drug-likeness (QED) is 0.613. The van der Waals surface area contributed by atoms with E-state index in [-0.39, 0.29) is 48.9 Å². The average molecular weight is 414 g/mol. The van der Waals surface area contributed by atoms with Crippen LogP contribution in [0.2, 0.25) is 0 Å². The lowest BCUT2D eigenvalue weighted by molar-refractivity contribution is -0.137. The third-order valence-electron chi connectivity index (χ3n) is 4.09. The number of Topliss-reactive ketones (excluding diaryl/α,β-unsaturated/α-hetero) is 2. The summed E-state index contributed by atoms with van der Waals surface area (Å²) < 4.78 is 38.2. The van der Waals surface area contributed by atoms with Gasteiger partial charge in [-0.05, 0) is 31.5 Å². The Labute approximate surface area is 167 Å². The van der Waals surface area contributed by atoms with Crippen LogP contribution in [0.5, 0.6) is 0 Å². The lowest BCUT2D eigenvalue weighted by Gasteiger charge is -2.19. The smallest absolute Gasteiger partial charge is 0.346 e. The van der Waals surface area contributed by atoms with Gasteiger partial charge in [-0.2, -0.15) is 13.2 Å². The normalized spacial score (nSPS) is 12.4. The summed E-state index contributed by atoms with van der Waals surface area (Å²) in [6, 6.07) is 3.30. The minimum absolute atomic E-state index is 0.00633. The van der Waals surface area contributed by atoms with Gasteiger partial charge in [-0.3, -0.25) is 14.4 Å². The van der Waals surface area contributed by atoms with Crippen molar-refractivity contribution in [3.8, 4) is 0 Å². The molecule has 0 aromatic heterocycles. The Balaban J connectivity index is 2.71. The number of benzene rings is 1. The summed E-state index contributed by atoms with van der Waals surface area (Å²) in [6.07, 6.45) is -4.72. The number of carbonyl (C=O) groups excluding carboxylic acids is 4. The molecule has 1 aromatic rings. The van der Waals surface area contributed by atoms with E-state index < -0.39 is 29.6 Å². The van der Waals surface area contributed by atoms with Crippen molar-refractivity contribution >= 4 is 29.1 Å². The highest BCUT2D eigenvalue weighted by Gasteiger charge is 2.30. The Morgan fingerprint density at radius 1 is 1.00 bits per heavy atom. The molecule has 1 rings (SSSR count). The SMILES string of the molecule is CC(=O)CCC(=O)NC(CCC(=O)Nc1cccc(C(F)(F)F)c1)C(=O)C(C)C. The summed E-state index contributed by atoms with van der Waals surface area (Å²) in [7, 11) is 0. The van der Waals surface area contributed by atoms with Crippen LogP contribution in [0.1, 0.15) is 52.0 Å². The van der Waals surface area contributed by atoms with E-state index in [4.69, 9.17) is 0 Å². The van der Waals surface area contributed by atoms with Crippen LogP contribution in [0.25, 0.3) is 0 Å². The van der Waals surface area contributed by atoms with Crippen LogP contribution in [0.3, 0.4) is 0 Å².